The molecule has 1 rings (SSSR count). The average molecular weight is 385 g/mol. The summed E-state index contributed by atoms with van der Waals surface area (Å²) in [4.78, 5) is 16.1. The van der Waals surface area contributed by atoms with Gasteiger partial charge in [-0.05, 0) is 39.8 Å². The van der Waals surface area contributed by atoms with Crippen molar-refractivity contribution < 1.29 is 14.3 Å². The third kappa shape index (κ3) is 8.80. The molecule has 1 aromatic carbocycles. The second-order valence-corrected chi connectivity index (χ2v) is 6.94. The fourth-order valence-corrected chi connectivity index (χ4v) is 2.18. The predicted octanol–water partition coefficient (Wildman–Crippen LogP) is 2.93. The first kappa shape index (κ1) is 21.9. The lowest BCUT2D eigenvalue weighted by atomic mass is 10.2. The molecule has 0 aromatic heterocycles. The summed E-state index contributed by atoms with van der Waals surface area (Å²) >= 11 is 5.97. The zero-order valence-corrected chi connectivity index (χ0v) is 16.9. The van der Waals surface area contributed by atoms with E-state index >= 15 is 0 Å². The topological polar surface area (TPSA) is 84.0 Å². The molecule has 0 heterocycles. The molecule has 1 amide bonds. The van der Waals surface area contributed by atoms with Crippen LogP contribution in [0.4, 0.5) is 4.79 Å². The fourth-order valence-electron chi connectivity index (χ4n) is 2.01. The minimum atomic E-state index is -0.508. The van der Waals surface area contributed by atoms with Crippen LogP contribution in [0.2, 0.25) is 5.02 Å². The maximum Gasteiger partial charge on any atom is 0.407 e. The lowest BCUT2D eigenvalue weighted by Crippen LogP contribution is -2.42. The van der Waals surface area contributed by atoms with Gasteiger partial charge in [0.15, 0.2) is 5.96 Å². The number of hydrogen-bond donors (Lipinski definition) is 3. The summed E-state index contributed by atoms with van der Waals surface area (Å²) in [6.45, 7) is 9.56. The van der Waals surface area contributed by atoms with E-state index < -0.39 is 11.7 Å². The van der Waals surface area contributed by atoms with E-state index in [1.54, 1.807) is 19.2 Å². The number of hydrogen-bond acceptors (Lipinski definition) is 4. The van der Waals surface area contributed by atoms with Crippen molar-refractivity contribution in [2.45, 2.75) is 39.8 Å². The monoisotopic (exact) mass is 384 g/mol. The van der Waals surface area contributed by atoms with Gasteiger partial charge in [-0.25, -0.2) is 9.79 Å². The largest absolute Gasteiger partial charge is 0.496 e. The first-order chi connectivity index (χ1) is 12.2. The van der Waals surface area contributed by atoms with Gasteiger partial charge in [-0.2, -0.15) is 0 Å². The van der Waals surface area contributed by atoms with Gasteiger partial charge in [-0.1, -0.05) is 17.7 Å². The summed E-state index contributed by atoms with van der Waals surface area (Å²) in [6.07, 6.45) is -0.438. The number of nitrogens with zero attached hydrogens (tertiary/aromatic N) is 1. The van der Waals surface area contributed by atoms with E-state index in [0.29, 0.717) is 36.4 Å². The van der Waals surface area contributed by atoms with E-state index in [-0.39, 0.29) is 0 Å². The molecule has 146 valence electrons. The molecule has 0 aliphatic carbocycles. The van der Waals surface area contributed by atoms with Crippen LogP contribution in [0.15, 0.2) is 23.2 Å². The third-order valence-corrected chi connectivity index (χ3v) is 3.32. The van der Waals surface area contributed by atoms with Crippen LogP contribution < -0.4 is 20.7 Å². The van der Waals surface area contributed by atoms with Crippen LogP contribution in [0.25, 0.3) is 0 Å². The molecule has 0 saturated carbocycles. The summed E-state index contributed by atoms with van der Waals surface area (Å²) in [7, 11) is 1.60. The molecular weight excluding hydrogens is 356 g/mol. The van der Waals surface area contributed by atoms with Gasteiger partial charge in [0, 0.05) is 30.2 Å². The van der Waals surface area contributed by atoms with Gasteiger partial charge in [0.05, 0.1) is 13.7 Å². The van der Waals surface area contributed by atoms with Crippen LogP contribution in [-0.2, 0) is 11.3 Å². The van der Waals surface area contributed by atoms with Gasteiger partial charge >= 0.3 is 6.09 Å². The van der Waals surface area contributed by atoms with Gasteiger partial charge < -0.3 is 25.4 Å². The zero-order valence-electron chi connectivity index (χ0n) is 16.1. The first-order valence-electron chi connectivity index (χ1n) is 8.56. The molecule has 0 bridgehead atoms. The highest BCUT2D eigenvalue weighted by Gasteiger charge is 2.15. The quantitative estimate of drug-likeness (QED) is 0.382. The molecule has 0 radical (unpaired) electrons. The Hall–Kier alpha value is -2.15. The number of guanidine groups is 1. The second-order valence-electron chi connectivity index (χ2n) is 6.51. The SMILES string of the molecule is CCNC(=NCc1ccc(Cl)cc1OC)NCCNC(=O)OC(C)(C)C. The highest BCUT2D eigenvalue weighted by Crippen LogP contribution is 2.23. The normalized spacial score (nSPS) is 11.7. The van der Waals surface area contributed by atoms with Crippen molar-refractivity contribution in [1.29, 1.82) is 0 Å². The zero-order chi connectivity index (χ0) is 19.6. The number of carbonyl (C=O) groups is 1. The number of ether oxygens (including phenoxy) is 2. The van der Waals surface area contributed by atoms with Gasteiger partial charge in [0.2, 0.25) is 0 Å². The number of benzene rings is 1. The molecule has 26 heavy (non-hydrogen) atoms. The molecule has 0 spiro atoms. The number of methoxy groups -OCH3 is 1. The van der Waals surface area contributed by atoms with Gasteiger partial charge in [0.25, 0.3) is 0 Å². The summed E-state index contributed by atoms with van der Waals surface area (Å²) in [6, 6.07) is 5.45. The van der Waals surface area contributed by atoms with Crippen LogP contribution in [0.5, 0.6) is 5.75 Å². The molecule has 0 saturated heterocycles. The van der Waals surface area contributed by atoms with Gasteiger partial charge in [0.1, 0.15) is 11.4 Å². The molecule has 0 aliphatic heterocycles. The number of aliphatic imine (C=N–C) groups is 1. The Bertz CT molecular complexity index is 615. The average Bonchev–Trinajstić information content (AvgIpc) is 2.55. The van der Waals surface area contributed by atoms with E-state index in [1.165, 1.54) is 0 Å². The summed E-state index contributed by atoms with van der Waals surface area (Å²) in [5, 5.41) is 9.63. The van der Waals surface area contributed by atoms with Crippen molar-refractivity contribution in [3.8, 4) is 5.75 Å². The summed E-state index contributed by atoms with van der Waals surface area (Å²) in [5.74, 6) is 1.35. The third-order valence-electron chi connectivity index (χ3n) is 3.09. The Balaban J connectivity index is 2.53. The highest BCUT2D eigenvalue weighted by atomic mass is 35.5. The standard InChI is InChI=1S/C18H29ClN4O3/c1-6-20-16(21-9-10-22-17(24)26-18(2,3)4)23-12-13-7-8-14(19)11-15(13)25-5/h7-8,11H,6,9-10,12H2,1-5H3,(H,22,24)(H2,20,21,23). The maximum atomic E-state index is 11.6. The number of nitrogens with one attached hydrogen (secondary N) is 3. The van der Waals surface area contributed by atoms with Crippen LogP contribution in [0.1, 0.15) is 33.3 Å². The summed E-state index contributed by atoms with van der Waals surface area (Å²) < 4.78 is 10.5. The number of alkyl carbamates (subject to hydrolysis) is 1. The highest BCUT2D eigenvalue weighted by molar-refractivity contribution is 6.30. The molecule has 0 aliphatic rings. The van der Waals surface area contributed by atoms with Crippen molar-refractivity contribution >= 4 is 23.7 Å². The van der Waals surface area contributed by atoms with E-state index in [2.05, 4.69) is 20.9 Å². The summed E-state index contributed by atoms with van der Waals surface area (Å²) in [5.41, 5.74) is 0.423. The number of halogens is 1. The van der Waals surface area contributed by atoms with E-state index in [9.17, 15) is 4.79 Å². The van der Waals surface area contributed by atoms with E-state index in [0.717, 1.165) is 12.1 Å². The lowest BCUT2D eigenvalue weighted by molar-refractivity contribution is 0.0529. The molecule has 7 nitrogen and oxygen atoms in total. The van der Waals surface area contributed by atoms with Crippen molar-refractivity contribution in [1.82, 2.24) is 16.0 Å². The minimum absolute atomic E-state index is 0.420. The molecule has 8 heteroatoms. The number of rotatable bonds is 7. The molecule has 0 unspecified atom stereocenters. The Morgan fingerprint density at radius 1 is 1.19 bits per heavy atom. The molecular formula is C18H29ClN4O3. The van der Waals surface area contributed by atoms with E-state index in [1.807, 2.05) is 33.8 Å². The van der Waals surface area contributed by atoms with Crippen molar-refractivity contribution in [3.63, 3.8) is 0 Å². The second kappa shape index (κ2) is 10.8. The van der Waals surface area contributed by atoms with Crippen LogP contribution in [-0.4, -0.2) is 44.4 Å². The van der Waals surface area contributed by atoms with Crippen LogP contribution in [0.3, 0.4) is 0 Å². The lowest BCUT2D eigenvalue weighted by Gasteiger charge is -2.20. The first-order valence-corrected chi connectivity index (χ1v) is 8.94. The minimum Gasteiger partial charge on any atom is -0.496 e. The fraction of sp³-hybridized carbons (Fsp3) is 0.556. The van der Waals surface area contributed by atoms with Crippen LogP contribution >= 0.6 is 11.6 Å². The van der Waals surface area contributed by atoms with Gasteiger partial charge in [-0.15, -0.1) is 0 Å². The molecule has 0 fully saturated rings. The number of carbonyl (C=O) groups excluding carboxylic acids is 1. The predicted molar refractivity (Wildman–Crippen MR) is 105 cm³/mol. The molecule has 3 N–H and O–H groups in total. The maximum absolute atomic E-state index is 11.6. The van der Waals surface area contributed by atoms with Crippen LogP contribution in [0, 0.1) is 0 Å². The van der Waals surface area contributed by atoms with E-state index in [4.69, 9.17) is 21.1 Å². The molecule has 1 aromatic rings. The number of amides is 1. The van der Waals surface area contributed by atoms with Crippen molar-refractivity contribution in [2.24, 2.45) is 4.99 Å². The Morgan fingerprint density at radius 3 is 2.50 bits per heavy atom. The Morgan fingerprint density at radius 2 is 1.88 bits per heavy atom. The molecule has 0 atom stereocenters. The smallest absolute Gasteiger partial charge is 0.407 e. The van der Waals surface area contributed by atoms with Gasteiger partial charge in [-0.3, -0.25) is 0 Å². The van der Waals surface area contributed by atoms with Crippen molar-refractivity contribution in [2.75, 3.05) is 26.7 Å². The Kier molecular flexibility index (Phi) is 9.05. The Labute approximate surface area is 160 Å². The van der Waals surface area contributed by atoms with Crippen molar-refractivity contribution in [3.05, 3.63) is 28.8 Å².